The van der Waals surface area contributed by atoms with Gasteiger partial charge in [0.1, 0.15) is 6.10 Å². The van der Waals surface area contributed by atoms with E-state index in [1.807, 2.05) is 44.2 Å². The van der Waals surface area contributed by atoms with Crippen molar-refractivity contribution in [3.05, 3.63) is 116 Å². The number of ether oxygens (including phenoxy) is 1. The fourth-order valence-corrected chi connectivity index (χ4v) is 3.84. The van der Waals surface area contributed by atoms with Crippen LogP contribution in [-0.4, -0.2) is 21.2 Å². The highest BCUT2D eigenvalue weighted by atomic mass is 16.5. The highest BCUT2D eigenvalue weighted by molar-refractivity contribution is 5.89. The highest BCUT2D eigenvalue weighted by Crippen LogP contribution is 2.24. The number of hydrogen-bond donors (Lipinski definition) is 0. The average molecular weight is 416 g/mol. The minimum absolute atomic E-state index is 0.216. The van der Waals surface area contributed by atoms with Crippen molar-refractivity contribution < 1.29 is 9.53 Å². The van der Waals surface area contributed by atoms with E-state index in [2.05, 4.69) is 0 Å². The van der Waals surface area contributed by atoms with Crippen LogP contribution in [0.4, 0.5) is 0 Å². The van der Waals surface area contributed by atoms with Crippen molar-refractivity contribution in [3.63, 3.8) is 0 Å². The minimum atomic E-state index is -0.427. The molecule has 1 aliphatic carbocycles. The maximum atomic E-state index is 13.1. The molecule has 6 nitrogen and oxygen atoms in total. The molecule has 2 unspecified atom stereocenters. The van der Waals surface area contributed by atoms with Gasteiger partial charge < -0.3 is 4.74 Å². The molecule has 1 aromatic heterocycles. The molecule has 0 amide bonds. The summed E-state index contributed by atoms with van der Waals surface area (Å²) in [4.78, 5) is 37.8. The molecular formula is C25H24N2O4. The molecule has 158 valence electrons. The van der Waals surface area contributed by atoms with Crippen molar-refractivity contribution in [2.75, 3.05) is 0 Å². The Balaban J connectivity index is 1.52. The first-order valence-electron chi connectivity index (χ1n) is 10.2. The molecule has 6 heteroatoms. The maximum absolute atomic E-state index is 13.1. The Morgan fingerprint density at radius 3 is 2.55 bits per heavy atom. The third kappa shape index (κ3) is 4.43. The smallest absolute Gasteiger partial charge is 0.338 e. The SMILES string of the molecule is Cc1ccc(Cn2c(=O)ccn(C3C=CC(OC(=O)c4ccccc4)C3)c2=O)c(C)c1. The second kappa shape index (κ2) is 8.60. The monoisotopic (exact) mass is 416 g/mol. The molecule has 1 heterocycles. The van der Waals surface area contributed by atoms with Crippen LogP contribution in [0.5, 0.6) is 0 Å². The number of nitrogens with zero attached hydrogens (tertiary/aromatic N) is 2. The predicted molar refractivity (Wildman–Crippen MR) is 118 cm³/mol. The van der Waals surface area contributed by atoms with Crippen LogP contribution >= 0.6 is 0 Å². The van der Waals surface area contributed by atoms with Crippen molar-refractivity contribution >= 4 is 5.97 Å². The Hall–Kier alpha value is -3.67. The number of aryl methyl sites for hydroxylation is 2. The molecule has 31 heavy (non-hydrogen) atoms. The first kappa shape index (κ1) is 20.6. The lowest BCUT2D eigenvalue weighted by atomic mass is 10.1. The Morgan fingerprint density at radius 2 is 1.81 bits per heavy atom. The van der Waals surface area contributed by atoms with Crippen LogP contribution in [-0.2, 0) is 11.3 Å². The molecule has 2 atom stereocenters. The van der Waals surface area contributed by atoms with Gasteiger partial charge in [0.25, 0.3) is 5.56 Å². The average Bonchev–Trinajstić information content (AvgIpc) is 3.21. The van der Waals surface area contributed by atoms with E-state index in [-0.39, 0.29) is 23.8 Å². The molecule has 0 N–H and O–H groups in total. The summed E-state index contributed by atoms with van der Waals surface area (Å²) in [5, 5.41) is 0. The van der Waals surface area contributed by atoms with Gasteiger partial charge in [0.2, 0.25) is 0 Å². The molecule has 0 bridgehead atoms. The molecule has 0 fully saturated rings. The number of carbonyl (C=O) groups excluding carboxylic acids is 1. The zero-order valence-electron chi connectivity index (χ0n) is 17.5. The van der Waals surface area contributed by atoms with E-state index in [0.29, 0.717) is 12.0 Å². The van der Waals surface area contributed by atoms with Crippen molar-refractivity contribution in [1.82, 2.24) is 9.13 Å². The summed E-state index contributed by atoms with van der Waals surface area (Å²) in [6.07, 6.45) is 5.16. The lowest BCUT2D eigenvalue weighted by Gasteiger charge is -2.17. The van der Waals surface area contributed by atoms with Gasteiger partial charge in [-0.25, -0.2) is 9.59 Å². The highest BCUT2D eigenvalue weighted by Gasteiger charge is 2.25. The first-order chi connectivity index (χ1) is 14.9. The number of hydrogen-bond acceptors (Lipinski definition) is 4. The quantitative estimate of drug-likeness (QED) is 0.472. The van der Waals surface area contributed by atoms with E-state index >= 15 is 0 Å². The summed E-state index contributed by atoms with van der Waals surface area (Å²) < 4.78 is 8.33. The second-order valence-electron chi connectivity index (χ2n) is 7.86. The number of allylic oxidation sites excluding steroid dienone is 1. The van der Waals surface area contributed by atoms with Crippen molar-refractivity contribution in [1.29, 1.82) is 0 Å². The maximum Gasteiger partial charge on any atom is 0.338 e. The van der Waals surface area contributed by atoms with Gasteiger partial charge in [0.05, 0.1) is 18.2 Å². The van der Waals surface area contributed by atoms with E-state index < -0.39 is 12.1 Å². The number of carbonyl (C=O) groups is 1. The summed E-state index contributed by atoms with van der Waals surface area (Å²) >= 11 is 0. The third-order valence-electron chi connectivity index (χ3n) is 5.57. The van der Waals surface area contributed by atoms with Crippen molar-refractivity contribution in [2.24, 2.45) is 0 Å². The topological polar surface area (TPSA) is 70.3 Å². The zero-order valence-corrected chi connectivity index (χ0v) is 17.5. The molecule has 1 aliphatic rings. The van der Waals surface area contributed by atoms with Crippen molar-refractivity contribution in [2.45, 2.75) is 39.0 Å². The molecule has 3 aromatic rings. The van der Waals surface area contributed by atoms with E-state index in [4.69, 9.17) is 4.74 Å². The molecule has 0 saturated carbocycles. The lowest BCUT2D eigenvalue weighted by Crippen LogP contribution is -2.40. The molecule has 0 spiro atoms. The van der Waals surface area contributed by atoms with Gasteiger partial charge in [-0.2, -0.15) is 0 Å². The Kier molecular flexibility index (Phi) is 5.71. The fraction of sp³-hybridized carbons (Fsp3) is 0.240. The van der Waals surface area contributed by atoms with Gasteiger partial charge in [-0.3, -0.25) is 13.9 Å². The lowest BCUT2D eigenvalue weighted by molar-refractivity contribution is 0.0382. The van der Waals surface area contributed by atoms with E-state index in [9.17, 15) is 14.4 Å². The first-order valence-corrected chi connectivity index (χ1v) is 10.2. The largest absolute Gasteiger partial charge is 0.454 e. The Bertz CT molecular complexity index is 1250. The van der Waals surface area contributed by atoms with Gasteiger partial charge >= 0.3 is 11.7 Å². The van der Waals surface area contributed by atoms with Gasteiger partial charge in [0.15, 0.2) is 0 Å². The summed E-state index contributed by atoms with van der Waals surface area (Å²) in [6.45, 7) is 4.19. The van der Waals surface area contributed by atoms with Crippen LogP contribution in [0, 0.1) is 13.8 Å². The minimum Gasteiger partial charge on any atom is -0.454 e. The molecule has 0 aliphatic heterocycles. The van der Waals surface area contributed by atoms with E-state index in [1.54, 1.807) is 30.3 Å². The number of rotatable bonds is 5. The third-order valence-corrected chi connectivity index (χ3v) is 5.57. The number of esters is 1. The van der Waals surface area contributed by atoms with Gasteiger partial charge in [-0.15, -0.1) is 0 Å². The standard InChI is InChI=1S/C25H24N2O4/c1-17-8-9-20(18(2)14-17)16-27-23(28)12-13-26(25(27)30)21-10-11-22(15-21)31-24(29)19-6-4-3-5-7-19/h3-14,21-22H,15-16H2,1-2H3. The second-order valence-corrected chi connectivity index (χ2v) is 7.86. The van der Waals surface area contributed by atoms with Crippen LogP contribution in [0.1, 0.15) is 39.5 Å². The summed E-state index contributed by atoms with van der Waals surface area (Å²) in [6, 6.07) is 15.9. The van der Waals surface area contributed by atoms with Crippen LogP contribution in [0.25, 0.3) is 0 Å². The molecular weight excluding hydrogens is 392 g/mol. The van der Waals surface area contributed by atoms with E-state index in [1.165, 1.54) is 21.4 Å². The molecule has 0 radical (unpaired) electrons. The van der Waals surface area contributed by atoms with Crippen LogP contribution < -0.4 is 11.2 Å². The van der Waals surface area contributed by atoms with Crippen LogP contribution in [0.15, 0.2) is 82.5 Å². The van der Waals surface area contributed by atoms with Gasteiger partial charge in [-0.1, -0.05) is 48.0 Å². The summed E-state index contributed by atoms with van der Waals surface area (Å²) in [5.41, 5.74) is 2.87. The van der Waals surface area contributed by atoms with E-state index in [0.717, 1.165) is 16.7 Å². The Labute approximate surface area is 180 Å². The van der Waals surface area contributed by atoms with Gasteiger partial charge in [-0.05, 0) is 43.2 Å². The fourth-order valence-electron chi connectivity index (χ4n) is 3.84. The summed E-state index contributed by atoms with van der Waals surface area (Å²) in [7, 11) is 0. The molecule has 0 saturated heterocycles. The van der Waals surface area contributed by atoms with Crippen molar-refractivity contribution in [3.8, 4) is 0 Å². The summed E-state index contributed by atoms with van der Waals surface area (Å²) in [5.74, 6) is -0.400. The number of benzene rings is 2. The molecule has 4 rings (SSSR count). The van der Waals surface area contributed by atoms with Crippen LogP contribution in [0.2, 0.25) is 0 Å². The normalized spacial score (nSPS) is 17.6. The molecule has 2 aromatic carbocycles. The van der Waals surface area contributed by atoms with Gasteiger partial charge in [0, 0.05) is 18.7 Å². The number of aromatic nitrogens is 2. The Morgan fingerprint density at radius 1 is 1.03 bits per heavy atom. The van der Waals surface area contributed by atoms with Crippen LogP contribution in [0.3, 0.4) is 0 Å². The predicted octanol–water partition coefficient (Wildman–Crippen LogP) is 3.40. The zero-order chi connectivity index (χ0) is 22.0.